The van der Waals surface area contributed by atoms with Crippen molar-refractivity contribution < 1.29 is 14.3 Å². The van der Waals surface area contributed by atoms with Gasteiger partial charge in [0.05, 0.1) is 25.7 Å². The monoisotopic (exact) mass is 398 g/mol. The summed E-state index contributed by atoms with van der Waals surface area (Å²) < 4.78 is 12.4. The number of thioether (sulfide) groups is 1. The van der Waals surface area contributed by atoms with Gasteiger partial charge in [0.1, 0.15) is 11.5 Å². The SMILES string of the molecule is COc1cccc(-c2nnc(SCC(=O)Nc3cc(C)ccc3OC)n2C)c1. The van der Waals surface area contributed by atoms with Gasteiger partial charge in [-0.25, -0.2) is 0 Å². The fraction of sp³-hybridized carbons (Fsp3) is 0.250. The maximum absolute atomic E-state index is 12.4. The number of aryl methyl sites for hydroxylation is 1. The molecule has 1 aromatic heterocycles. The van der Waals surface area contributed by atoms with Crippen LogP contribution in [-0.2, 0) is 11.8 Å². The van der Waals surface area contributed by atoms with Crippen LogP contribution in [0.1, 0.15) is 5.56 Å². The average Bonchev–Trinajstić information content (AvgIpc) is 3.07. The fourth-order valence-corrected chi connectivity index (χ4v) is 3.40. The third-order valence-electron chi connectivity index (χ3n) is 4.12. The van der Waals surface area contributed by atoms with Crippen LogP contribution in [0, 0.1) is 6.92 Å². The van der Waals surface area contributed by atoms with E-state index in [-0.39, 0.29) is 11.7 Å². The van der Waals surface area contributed by atoms with Crippen molar-refractivity contribution in [3.63, 3.8) is 0 Å². The molecular weight excluding hydrogens is 376 g/mol. The highest BCUT2D eigenvalue weighted by molar-refractivity contribution is 7.99. The van der Waals surface area contributed by atoms with E-state index >= 15 is 0 Å². The topological polar surface area (TPSA) is 78.3 Å². The van der Waals surface area contributed by atoms with Gasteiger partial charge in [0.2, 0.25) is 5.91 Å². The molecule has 3 aromatic rings. The van der Waals surface area contributed by atoms with Crippen LogP contribution in [0.2, 0.25) is 0 Å². The van der Waals surface area contributed by atoms with Crippen molar-refractivity contribution in [1.29, 1.82) is 0 Å². The van der Waals surface area contributed by atoms with E-state index in [0.717, 1.165) is 16.9 Å². The van der Waals surface area contributed by atoms with E-state index < -0.39 is 0 Å². The lowest BCUT2D eigenvalue weighted by Gasteiger charge is -2.11. The molecule has 0 radical (unpaired) electrons. The molecule has 0 saturated carbocycles. The predicted molar refractivity (Wildman–Crippen MR) is 110 cm³/mol. The molecule has 2 aromatic carbocycles. The number of carbonyl (C=O) groups excluding carboxylic acids is 1. The number of rotatable bonds is 7. The number of nitrogens with zero attached hydrogens (tertiary/aromatic N) is 3. The summed E-state index contributed by atoms with van der Waals surface area (Å²) in [5.41, 5.74) is 2.60. The highest BCUT2D eigenvalue weighted by Crippen LogP contribution is 2.27. The van der Waals surface area contributed by atoms with Crippen molar-refractivity contribution in [2.45, 2.75) is 12.1 Å². The van der Waals surface area contributed by atoms with Gasteiger partial charge in [-0.15, -0.1) is 10.2 Å². The molecule has 3 rings (SSSR count). The molecule has 0 unspecified atom stereocenters. The second-order valence-corrected chi connectivity index (χ2v) is 7.08. The van der Waals surface area contributed by atoms with Crippen LogP contribution in [0.15, 0.2) is 47.6 Å². The smallest absolute Gasteiger partial charge is 0.234 e. The van der Waals surface area contributed by atoms with Gasteiger partial charge >= 0.3 is 0 Å². The largest absolute Gasteiger partial charge is 0.497 e. The van der Waals surface area contributed by atoms with Gasteiger partial charge in [-0.05, 0) is 36.8 Å². The van der Waals surface area contributed by atoms with Crippen molar-refractivity contribution in [2.75, 3.05) is 25.3 Å². The number of hydrogen-bond donors (Lipinski definition) is 1. The second-order valence-electron chi connectivity index (χ2n) is 6.14. The minimum absolute atomic E-state index is 0.139. The Balaban J connectivity index is 1.68. The minimum atomic E-state index is -0.139. The summed E-state index contributed by atoms with van der Waals surface area (Å²) in [6.45, 7) is 1.96. The number of aromatic nitrogens is 3. The molecule has 0 aliphatic heterocycles. The third kappa shape index (κ3) is 4.45. The number of methoxy groups -OCH3 is 2. The van der Waals surface area contributed by atoms with E-state index in [9.17, 15) is 4.79 Å². The van der Waals surface area contributed by atoms with Crippen LogP contribution in [-0.4, -0.2) is 40.6 Å². The Hall–Kier alpha value is -3.00. The molecule has 146 valence electrons. The zero-order chi connectivity index (χ0) is 20.1. The predicted octanol–water partition coefficient (Wildman–Crippen LogP) is 3.54. The number of ether oxygens (including phenoxy) is 2. The minimum Gasteiger partial charge on any atom is -0.497 e. The molecule has 8 heteroatoms. The van der Waals surface area contributed by atoms with Gasteiger partial charge < -0.3 is 19.4 Å². The molecule has 0 aliphatic rings. The van der Waals surface area contributed by atoms with Crippen LogP contribution >= 0.6 is 11.8 Å². The lowest BCUT2D eigenvalue weighted by Crippen LogP contribution is -2.15. The molecule has 0 fully saturated rings. The Bertz CT molecular complexity index is 987. The maximum Gasteiger partial charge on any atom is 0.234 e. The number of carbonyl (C=O) groups is 1. The van der Waals surface area contributed by atoms with Crippen molar-refractivity contribution >= 4 is 23.4 Å². The van der Waals surface area contributed by atoms with E-state index in [1.807, 2.05) is 61.0 Å². The molecule has 0 atom stereocenters. The van der Waals surface area contributed by atoms with E-state index in [1.54, 1.807) is 14.2 Å². The Kier molecular flexibility index (Phi) is 6.20. The van der Waals surface area contributed by atoms with Crippen molar-refractivity contribution in [3.05, 3.63) is 48.0 Å². The van der Waals surface area contributed by atoms with Gasteiger partial charge in [-0.1, -0.05) is 30.0 Å². The van der Waals surface area contributed by atoms with Gasteiger partial charge in [0.25, 0.3) is 0 Å². The summed E-state index contributed by atoms with van der Waals surface area (Å²) in [6.07, 6.45) is 0. The van der Waals surface area contributed by atoms with Crippen molar-refractivity contribution in [1.82, 2.24) is 14.8 Å². The molecule has 7 nitrogen and oxygen atoms in total. The number of anilines is 1. The summed E-state index contributed by atoms with van der Waals surface area (Å²) in [6, 6.07) is 13.3. The number of hydrogen-bond acceptors (Lipinski definition) is 6. The lowest BCUT2D eigenvalue weighted by atomic mass is 10.2. The lowest BCUT2D eigenvalue weighted by molar-refractivity contribution is -0.113. The summed E-state index contributed by atoms with van der Waals surface area (Å²) in [5, 5.41) is 12.0. The Morgan fingerprint density at radius 3 is 2.71 bits per heavy atom. The second kappa shape index (κ2) is 8.79. The van der Waals surface area contributed by atoms with Gasteiger partial charge in [-0.2, -0.15) is 0 Å². The standard InChI is InChI=1S/C20H22N4O3S/c1-13-8-9-17(27-4)16(10-13)21-18(25)12-28-20-23-22-19(24(20)2)14-6-5-7-15(11-14)26-3/h5-11H,12H2,1-4H3,(H,21,25). The summed E-state index contributed by atoms with van der Waals surface area (Å²) in [7, 11) is 5.08. The first-order valence-corrected chi connectivity index (χ1v) is 9.61. The molecule has 0 aliphatic carbocycles. The van der Waals surface area contributed by atoms with E-state index in [4.69, 9.17) is 9.47 Å². The van der Waals surface area contributed by atoms with Gasteiger partial charge in [-0.3, -0.25) is 4.79 Å². The van der Waals surface area contributed by atoms with E-state index in [1.165, 1.54) is 11.8 Å². The van der Waals surface area contributed by atoms with Crippen molar-refractivity contribution in [2.24, 2.45) is 7.05 Å². The number of benzene rings is 2. The fourth-order valence-electron chi connectivity index (χ4n) is 2.69. The van der Waals surface area contributed by atoms with E-state index in [0.29, 0.717) is 22.4 Å². The zero-order valence-electron chi connectivity index (χ0n) is 16.2. The van der Waals surface area contributed by atoms with Crippen molar-refractivity contribution in [3.8, 4) is 22.9 Å². The average molecular weight is 398 g/mol. The highest BCUT2D eigenvalue weighted by Gasteiger charge is 2.14. The first-order chi connectivity index (χ1) is 13.5. The Labute approximate surface area is 168 Å². The van der Waals surface area contributed by atoms with Crippen LogP contribution in [0.4, 0.5) is 5.69 Å². The molecule has 1 heterocycles. The quantitative estimate of drug-likeness (QED) is 0.614. The Morgan fingerprint density at radius 2 is 1.96 bits per heavy atom. The van der Waals surface area contributed by atoms with E-state index in [2.05, 4.69) is 15.5 Å². The van der Waals surface area contributed by atoms with Crippen LogP contribution in [0.5, 0.6) is 11.5 Å². The van der Waals surface area contributed by atoms with Crippen LogP contribution in [0.25, 0.3) is 11.4 Å². The van der Waals surface area contributed by atoms with Gasteiger partial charge in [0, 0.05) is 12.6 Å². The summed E-state index contributed by atoms with van der Waals surface area (Å²) in [5.74, 6) is 2.16. The molecule has 0 bridgehead atoms. The number of amides is 1. The van der Waals surface area contributed by atoms with Gasteiger partial charge in [0.15, 0.2) is 11.0 Å². The van der Waals surface area contributed by atoms with Crippen LogP contribution < -0.4 is 14.8 Å². The normalized spacial score (nSPS) is 10.6. The first kappa shape index (κ1) is 19.8. The highest BCUT2D eigenvalue weighted by atomic mass is 32.2. The summed E-state index contributed by atoms with van der Waals surface area (Å²) in [4.78, 5) is 12.4. The molecule has 0 spiro atoms. The summed E-state index contributed by atoms with van der Waals surface area (Å²) >= 11 is 1.32. The number of nitrogens with one attached hydrogen (secondary N) is 1. The third-order valence-corrected chi connectivity index (χ3v) is 5.14. The molecule has 28 heavy (non-hydrogen) atoms. The molecular formula is C20H22N4O3S. The Morgan fingerprint density at radius 1 is 1.14 bits per heavy atom. The maximum atomic E-state index is 12.4. The molecule has 0 saturated heterocycles. The zero-order valence-corrected chi connectivity index (χ0v) is 17.0. The van der Waals surface area contributed by atoms with Crippen LogP contribution in [0.3, 0.4) is 0 Å². The molecule has 1 amide bonds. The molecule has 1 N–H and O–H groups in total. The first-order valence-electron chi connectivity index (χ1n) is 8.63.